The van der Waals surface area contributed by atoms with Crippen molar-refractivity contribution in [3.8, 4) is 0 Å². The van der Waals surface area contributed by atoms with Gasteiger partial charge in [-0.05, 0) is 108 Å². The van der Waals surface area contributed by atoms with Gasteiger partial charge in [-0.3, -0.25) is 0 Å². The fourth-order valence-corrected chi connectivity index (χ4v) is 8.12. The van der Waals surface area contributed by atoms with E-state index < -0.39 is 7.12 Å². The predicted molar refractivity (Wildman–Crippen MR) is 271 cm³/mol. The Morgan fingerprint density at radius 3 is 0.967 bits per heavy atom. The van der Waals surface area contributed by atoms with Gasteiger partial charge in [-0.25, -0.2) is 0 Å². The third-order valence-electron chi connectivity index (χ3n) is 11.3. The quantitative estimate of drug-likeness (QED) is 0.0987. The second-order valence-electron chi connectivity index (χ2n) is 16.4. The summed E-state index contributed by atoms with van der Waals surface area (Å²) in [6, 6.07) is 23.9. The van der Waals surface area contributed by atoms with E-state index in [4.69, 9.17) is 63.5 Å². The van der Waals surface area contributed by atoms with E-state index in [1.165, 1.54) is 11.4 Å². The summed E-state index contributed by atoms with van der Waals surface area (Å²) in [5.74, 6) is 1.68. The molecule has 0 radical (unpaired) electrons. The second kappa shape index (κ2) is 25.1. The van der Waals surface area contributed by atoms with Crippen molar-refractivity contribution in [1.29, 1.82) is 0 Å². The highest BCUT2D eigenvalue weighted by molar-refractivity contribution is 9.09. The predicted octanol–water partition coefficient (Wildman–Crippen LogP) is 7.66. The molecule has 60 heavy (non-hydrogen) atoms. The van der Waals surface area contributed by atoms with Crippen LogP contribution in [0.4, 0.5) is 17.1 Å². The molecule has 2 saturated heterocycles. The van der Waals surface area contributed by atoms with Crippen molar-refractivity contribution in [3.05, 3.63) is 72.8 Å². The van der Waals surface area contributed by atoms with Gasteiger partial charge < -0.3 is 43.4 Å². The van der Waals surface area contributed by atoms with E-state index in [2.05, 4.69) is 162 Å². The van der Waals surface area contributed by atoms with Gasteiger partial charge in [-0.15, -0.1) is 34.8 Å². The molecule has 2 heterocycles. The zero-order chi connectivity index (χ0) is 44.7. The van der Waals surface area contributed by atoms with Crippen molar-refractivity contribution in [2.24, 2.45) is 0 Å². The molecule has 0 spiro atoms. The molecular weight excluding hydrogens is 1020 g/mol. The molecule has 3 aromatic rings. The summed E-state index contributed by atoms with van der Waals surface area (Å²) in [7, 11) is -2.03. The van der Waals surface area contributed by atoms with Gasteiger partial charge in [-0.1, -0.05) is 84.2 Å². The van der Waals surface area contributed by atoms with Gasteiger partial charge >= 0.3 is 21.4 Å². The summed E-state index contributed by atoms with van der Waals surface area (Å²) in [6.07, 6.45) is 0. The normalized spacial score (nSPS) is 17.0. The number of benzene rings is 3. The third kappa shape index (κ3) is 15.2. The van der Waals surface area contributed by atoms with Crippen LogP contribution in [0.15, 0.2) is 72.8 Å². The SMILES string of the molecule is CC1(C)OB(c2ccc(N(CCBr)CCBr)cc2)OC1(C)C.CC1(C)OB(c2ccc(N(CCCl)CCBr)cc2)OC1(C)C.OB(O)c1ccc(N(CCCl)CCCl)cc1. The van der Waals surface area contributed by atoms with Crippen LogP contribution in [-0.2, 0) is 18.6 Å². The summed E-state index contributed by atoms with van der Waals surface area (Å²) in [6.45, 7) is 21.8. The van der Waals surface area contributed by atoms with Crippen molar-refractivity contribution in [2.45, 2.75) is 77.8 Å². The highest BCUT2D eigenvalue weighted by atomic mass is 79.9. The topological polar surface area (TPSA) is 87.1 Å². The van der Waals surface area contributed by atoms with Gasteiger partial charge in [0, 0.05) is 90.0 Å². The molecule has 0 unspecified atom stereocenters. The molecule has 5 rings (SSSR count). The van der Waals surface area contributed by atoms with E-state index >= 15 is 0 Å². The molecule has 0 atom stereocenters. The van der Waals surface area contributed by atoms with Crippen molar-refractivity contribution >= 4 is 137 Å². The summed E-state index contributed by atoms with van der Waals surface area (Å²) < 4.78 is 24.4. The van der Waals surface area contributed by atoms with Crippen molar-refractivity contribution in [1.82, 2.24) is 0 Å². The minimum atomic E-state index is -1.43. The molecule has 3 aromatic carbocycles. The van der Waals surface area contributed by atoms with Gasteiger partial charge in [0.15, 0.2) is 0 Å². The van der Waals surface area contributed by atoms with Crippen LogP contribution in [-0.4, -0.2) is 127 Å². The van der Waals surface area contributed by atoms with Crippen molar-refractivity contribution in [3.63, 3.8) is 0 Å². The Labute approximate surface area is 401 Å². The maximum atomic E-state index is 8.96. The van der Waals surface area contributed by atoms with Crippen molar-refractivity contribution < 1.29 is 28.7 Å². The zero-order valence-corrected chi connectivity index (χ0v) is 43.3. The van der Waals surface area contributed by atoms with Crippen LogP contribution >= 0.6 is 82.6 Å². The Morgan fingerprint density at radius 1 is 0.467 bits per heavy atom. The third-order valence-corrected chi connectivity index (χ3v) is 12.8. The van der Waals surface area contributed by atoms with Gasteiger partial charge in [0.05, 0.1) is 22.4 Å². The van der Waals surface area contributed by atoms with Crippen LogP contribution in [0.2, 0.25) is 0 Å². The summed E-state index contributed by atoms with van der Waals surface area (Å²) in [5, 5.41) is 20.8. The Kier molecular flexibility index (Phi) is 22.5. The molecule has 2 fully saturated rings. The van der Waals surface area contributed by atoms with Gasteiger partial charge in [0.1, 0.15) is 0 Å². The number of hydrogen-bond donors (Lipinski definition) is 2. The average Bonchev–Trinajstić information content (AvgIpc) is 3.57. The lowest BCUT2D eigenvalue weighted by molar-refractivity contribution is 0.00578. The Hall–Kier alpha value is -0.675. The highest BCUT2D eigenvalue weighted by Crippen LogP contribution is 2.37. The fourth-order valence-electron chi connectivity index (χ4n) is 6.22. The molecule has 0 amide bonds. The van der Waals surface area contributed by atoms with E-state index in [0.717, 1.165) is 71.9 Å². The number of halogens is 6. The number of alkyl halides is 6. The van der Waals surface area contributed by atoms with E-state index in [1.807, 2.05) is 17.0 Å². The van der Waals surface area contributed by atoms with E-state index in [-0.39, 0.29) is 36.6 Å². The minimum Gasteiger partial charge on any atom is -0.423 e. The van der Waals surface area contributed by atoms with Gasteiger partial charge in [0.2, 0.25) is 0 Å². The van der Waals surface area contributed by atoms with Crippen LogP contribution in [0.5, 0.6) is 0 Å². The van der Waals surface area contributed by atoms with Crippen molar-refractivity contribution in [2.75, 3.05) is 87.6 Å². The monoisotopic (exact) mass is 1080 g/mol. The first-order chi connectivity index (χ1) is 28.3. The standard InChI is InChI=1S/C16H24BBr2NO2.C16H24BBrClNO2.C10H14BCl2NO2/c2*1-15(2)16(3,4)22-17(21-15)13-5-7-14(8-6-13)20(11-9-18)12-10-19;12-5-7-14(8-6-13)10-3-1-9(2-4-10)11(15)16/h2*5-8H,9-12H2,1-4H3;1-4,15-16H,5-8H2. The summed E-state index contributed by atoms with van der Waals surface area (Å²) in [5.41, 5.74) is 4.74. The Morgan fingerprint density at radius 2 is 0.717 bits per heavy atom. The number of hydrogen-bond acceptors (Lipinski definition) is 9. The first-order valence-corrected chi connectivity index (χ1v) is 25.2. The maximum absolute atomic E-state index is 8.96. The molecule has 18 heteroatoms. The molecule has 2 aliphatic rings. The summed E-state index contributed by atoms with van der Waals surface area (Å²) >= 11 is 27.8. The van der Waals surface area contributed by atoms with Crippen LogP contribution < -0.4 is 31.1 Å². The molecule has 2 aliphatic heterocycles. The Balaban J connectivity index is 0.000000244. The number of nitrogens with zero attached hydrogens (tertiary/aromatic N) is 3. The average molecular weight is 1080 g/mol. The van der Waals surface area contributed by atoms with Gasteiger partial charge in [-0.2, -0.15) is 0 Å². The van der Waals surface area contributed by atoms with Crippen LogP contribution in [0, 0.1) is 0 Å². The molecule has 0 bridgehead atoms. The number of anilines is 3. The van der Waals surface area contributed by atoms with E-state index in [0.29, 0.717) is 23.1 Å². The lowest BCUT2D eigenvalue weighted by atomic mass is 9.79. The van der Waals surface area contributed by atoms with Crippen LogP contribution in [0.3, 0.4) is 0 Å². The van der Waals surface area contributed by atoms with Crippen LogP contribution in [0.25, 0.3) is 0 Å². The first-order valence-electron chi connectivity index (χ1n) is 20.3. The molecule has 2 N–H and O–H groups in total. The fraction of sp³-hybridized carbons (Fsp3) is 0.571. The van der Waals surface area contributed by atoms with Gasteiger partial charge in [0.25, 0.3) is 0 Å². The molecule has 0 aliphatic carbocycles. The van der Waals surface area contributed by atoms with E-state index in [1.54, 1.807) is 12.1 Å². The molecule has 0 saturated carbocycles. The highest BCUT2D eigenvalue weighted by Gasteiger charge is 2.52. The Bertz CT molecular complexity index is 1550. The molecule has 0 aromatic heterocycles. The molecule has 332 valence electrons. The molecular formula is C42H62B3Br3Cl3N3O6. The first kappa shape index (κ1) is 53.7. The lowest BCUT2D eigenvalue weighted by Gasteiger charge is -2.32. The smallest absolute Gasteiger partial charge is 0.423 e. The zero-order valence-electron chi connectivity index (χ0n) is 36.3. The van der Waals surface area contributed by atoms with E-state index in [9.17, 15) is 0 Å². The summed E-state index contributed by atoms with van der Waals surface area (Å²) in [4.78, 5) is 6.65. The molecule has 9 nitrogen and oxygen atoms in total. The maximum Gasteiger partial charge on any atom is 0.494 e. The lowest BCUT2D eigenvalue weighted by Crippen LogP contribution is -2.41. The largest absolute Gasteiger partial charge is 0.494 e. The van der Waals surface area contributed by atoms with Crippen LogP contribution in [0.1, 0.15) is 55.4 Å². The minimum absolute atomic E-state index is 0.292. The second-order valence-corrected chi connectivity index (χ2v) is 19.9. The number of rotatable bonds is 18.